The molecule has 0 amide bonds. The zero-order chi connectivity index (χ0) is 12.3. The number of ether oxygens (including phenoxy) is 2. The zero-order valence-electron chi connectivity index (χ0n) is 9.42. The van der Waals surface area contributed by atoms with Gasteiger partial charge in [-0.1, -0.05) is 23.2 Å². The van der Waals surface area contributed by atoms with Gasteiger partial charge in [-0.2, -0.15) is 0 Å². The number of hydrogen-bond donors (Lipinski definition) is 1. The van der Waals surface area contributed by atoms with Crippen LogP contribution in [0.4, 0.5) is 5.69 Å². The van der Waals surface area contributed by atoms with Gasteiger partial charge in [0.25, 0.3) is 0 Å². The first-order valence-electron chi connectivity index (χ1n) is 5.62. The van der Waals surface area contributed by atoms with Crippen LogP contribution in [0, 0.1) is 5.92 Å². The van der Waals surface area contributed by atoms with Crippen LogP contribution < -0.4 is 10.5 Å². The lowest BCUT2D eigenvalue weighted by Gasteiger charge is -2.22. The number of rotatable bonds is 3. The van der Waals surface area contributed by atoms with Crippen LogP contribution in [0.1, 0.15) is 12.8 Å². The second-order valence-corrected chi connectivity index (χ2v) is 4.99. The Hall–Kier alpha value is -0.640. The van der Waals surface area contributed by atoms with E-state index in [2.05, 4.69) is 0 Å². The minimum Gasteiger partial charge on any atom is -0.491 e. The second kappa shape index (κ2) is 5.80. The van der Waals surface area contributed by atoms with Gasteiger partial charge in [0.2, 0.25) is 0 Å². The minimum absolute atomic E-state index is 0.447. The number of hydrogen-bond acceptors (Lipinski definition) is 3. The molecule has 1 fully saturated rings. The molecular weight excluding hydrogens is 261 g/mol. The third-order valence-electron chi connectivity index (χ3n) is 2.87. The standard InChI is InChI=1S/C12H15Cl2NO2/c13-9-5-11(15)12(6-10(9)14)17-7-8-1-3-16-4-2-8/h5-6,8H,1-4,7,15H2. The Morgan fingerprint density at radius 3 is 2.59 bits per heavy atom. The number of nitrogen functional groups attached to an aromatic ring is 1. The van der Waals surface area contributed by atoms with Crippen molar-refractivity contribution in [3.05, 3.63) is 22.2 Å². The van der Waals surface area contributed by atoms with Gasteiger partial charge < -0.3 is 15.2 Å². The molecule has 0 aromatic heterocycles. The Labute approximate surface area is 111 Å². The highest BCUT2D eigenvalue weighted by Gasteiger charge is 2.15. The zero-order valence-corrected chi connectivity index (χ0v) is 10.9. The smallest absolute Gasteiger partial charge is 0.143 e. The summed E-state index contributed by atoms with van der Waals surface area (Å²) in [5.74, 6) is 1.13. The van der Waals surface area contributed by atoms with E-state index in [1.807, 2.05) is 0 Å². The Morgan fingerprint density at radius 1 is 1.24 bits per heavy atom. The van der Waals surface area contributed by atoms with Gasteiger partial charge in [-0.25, -0.2) is 0 Å². The van der Waals surface area contributed by atoms with E-state index < -0.39 is 0 Å². The van der Waals surface area contributed by atoms with Crippen molar-refractivity contribution < 1.29 is 9.47 Å². The van der Waals surface area contributed by atoms with E-state index in [4.69, 9.17) is 38.4 Å². The first-order chi connectivity index (χ1) is 8.16. The van der Waals surface area contributed by atoms with Crippen molar-refractivity contribution in [2.75, 3.05) is 25.6 Å². The van der Waals surface area contributed by atoms with Crippen LogP contribution in [0.15, 0.2) is 12.1 Å². The Balaban J connectivity index is 1.96. The summed E-state index contributed by atoms with van der Waals surface area (Å²) in [6.45, 7) is 2.27. The van der Waals surface area contributed by atoms with Crippen molar-refractivity contribution in [1.82, 2.24) is 0 Å². The maximum Gasteiger partial charge on any atom is 0.143 e. The number of halogens is 2. The number of anilines is 1. The fourth-order valence-electron chi connectivity index (χ4n) is 1.79. The van der Waals surface area contributed by atoms with Gasteiger partial charge in [0.05, 0.1) is 22.3 Å². The Bertz CT molecular complexity index is 392. The fourth-order valence-corrected chi connectivity index (χ4v) is 2.12. The van der Waals surface area contributed by atoms with Gasteiger partial charge in [0.15, 0.2) is 0 Å². The average molecular weight is 276 g/mol. The van der Waals surface area contributed by atoms with Crippen molar-refractivity contribution in [3.8, 4) is 5.75 Å². The largest absolute Gasteiger partial charge is 0.491 e. The van der Waals surface area contributed by atoms with E-state index in [0.717, 1.165) is 26.1 Å². The molecule has 1 aromatic carbocycles. The molecular formula is C12H15Cl2NO2. The Kier molecular flexibility index (Phi) is 4.37. The number of nitrogens with two attached hydrogens (primary N) is 1. The molecule has 2 N–H and O–H groups in total. The molecule has 1 aliphatic rings. The highest BCUT2D eigenvalue weighted by Crippen LogP contribution is 2.32. The lowest BCUT2D eigenvalue weighted by molar-refractivity contribution is 0.0499. The SMILES string of the molecule is Nc1cc(Cl)c(Cl)cc1OCC1CCOCC1. The predicted molar refractivity (Wildman–Crippen MR) is 69.9 cm³/mol. The molecule has 0 spiro atoms. The van der Waals surface area contributed by atoms with Crippen molar-refractivity contribution in [3.63, 3.8) is 0 Å². The first kappa shape index (κ1) is 12.8. The van der Waals surface area contributed by atoms with Crippen LogP contribution in [-0.4, -0.2) is 19.8 Å². The maximum atomic E-state index is 5.92. The molecule has 5 heteroatoms. The van der Waals surface area contributed by atoms with E-state index >= 15 is 0 Å². The molecule has 1 saturated heterocycles. The van der Waals surface area contributed by atoms with Gasteiger partial charge in [0.1, 0.15) is 5.75 Å². The van der Waals surface area contributed by atoms with E-state index in [1.54, 1.807) is 12.1 Å². The monoisotopic (exact) mass is 275 g/mol. The molecule has 1 heterocycles. The molecule has 0 aliphatic carbocycles. The summed E-state index contributed by atoms with van der Waals surface area (Å²) in [5.41, 5.74) is 6.33. The predicted octanol–water partition coefficient (Wildman–Crippen LogP) is 3.38. The summed E-state index contributed by atoms with van der Waals surface area (Å²) in [7, 11) is 0. The highest BCUT2D eigenvalue weighted by atomic mass is 35.5. The van der Waals surface area contributed by atoms with E-state index in [1.165, 1.54) is 0 Å². The van der Waals surface area contributed by atoms with Crippen molar-refractivity contribution in [2.45, 2.75) is 12.8 Å². The molecule has 2 rings (SSSR count). The van der Waals surface area contributed by atoms with Crippen molar-refractivity contribution >= 4 is 28.9 Å². The molecule has 0 radical (unpaired) electrons. The Morgan fingerprint density at radius 2 is 1.88 bits per heavy atom. The summed E-state index contributed by atoms with van der Waals surface area (Å²) in [4.78, 5) is 0. The van der Waals surface area contributed by atoms with Crippen LogP contribution in [-0.2, 0) is 4.74 Å². The van der Waals surface area contributed by atoms with Gasteiger partial charge >= 0.3 is 0 Å². The molecule has 0 unspecified atom stereocenters. The van der Waals surface area contributed by atoms with Crippen LogP contribution in [0.5, 0.6) is 5.75 Å². The summed E-state index contributed by atoms with van der Waals surface area (Å²) in [6, 6.07) is 3.28. The van der Waals surface area contributed by atoms with Crippen LogP contribution in [0.3, 0.4) is 0 Å². The molecule has 94 valence electrons. The fraction of sp³-hybridized carbons (Fsp3) is 0.500. The van der Waals surface area contributed by atoms with Crippen LogP contribution in [0.2, 0.25) is 10.0 Å². The molecule has 0 bridgehead atoms. The van der Waals surface area contributed by atoms with Crippen LogP contribution in [0.25, 0.3) is 0 Å². The molecule has 1 aromatic rings. The lowest BCUT2D eigenvalue weighted by Crippen LogP contribution is -2.21. The molecule has 17 heavy (non-hydrogen) atoms. The maximum absolute atomic E-state index is 5.92. The minimum atomic E-state index is 0.447. The van der Waals surface area contributed by atoms with Gasteiger partial charge in [-0.3, -0.25) is 0 Å². The molecule has 3 nitrogen and oxygen atoms in total. The highest BCUT2D eigenvalue weighted by molar-refractivity contribution is 6.42. The van der Waals surface area contributed by atoms with Crippen molar-refractivity contribution in [2.24, 2.45) is 5.92 Å². The molecule has 0 saturated carbocycles. The van der Waals surface area contributed by atoms with Gasteiger partial charge in [-0.05, 0) is 24.8 Å². The normalized spacial score (nSPS) is 17.1. The summed E-state index contributed by atoms with van der Waals surface area (Å²) >= 11 is 11.8. The van der Waals surface area contributed by atoms with Gasteiger partial charge in [0, 0.05) is 19.3 Å². The molecule has 1 aliphatic heterocycles. The van der Waals surface area contributed by atoms with E-state index in [-0.39, 0.29) is 0 Å². The van der Waals surface area contributed by atoms with Gasteiger partial charge in [-0.15, -0.1) is 0 Å². The summed E-state index contributed by atoms with van der Waals surface area (Å²) in [6.07, 6.45) is 2.06. The quantitative estimate of drug-likeness (QED) is 0.861. The van der Waals surface area contributed by atoms with E-state index in [0.29, 0.717) is 34.0 Å². The second-order valence-electron chi connectivity index (χ2n) is 4.17. The summed E-state index contributed by atoms with van der Waals surface area (Å²) < 4.78 is 11.0. The lowest BCUT2D eigenvalue weighted by atomic mass is 10.0. The van der Waals surface area contributed by atoms with Crippen LogP contribution >= 0.6 is 23.2 Å². The topological polar surface area (TPSA) is 44.5 Å². The third-order valence-corrected chi connectivity index (χ3v) is 3.59. The van der Waals surface area contributed by atoms with E-state index in [9.17, 15) is 0 Å². The first-order valence-corrected chi connectivity index (χ1v) is 6.37. The molecule has 0 atom stereocenters. The average Bonchev–Trinajstić information content (AvgIpc) is 2.33. The van der Waals surface area contributed by atoms with Crippen molar-refractivity contribution in [1.29, 1.82) is 0 Å². The third kappa shape index (κ3) is 3.41. The summed E-state index contributed by atoms with van der Waals surface area (Å²) in [5, 5.41) is 0.908. The number of benzene rings is 1.